The zero-order valence-electron chi connectivity index (χ0n) is 10.6. The normalized spacial score (nSPS) is 14.3. The van der Waals surface area contributed by atoms with E-state index in [1.165, 1.54) is 17.8 Å². The molecule has 0 radical (unpaired) electrons. The van der Waals surface area contributed by atoms with Gasteiger partial charge in [-0.25, -0.2) is 4.39 Å². The quantitative estimate of drug-likeness (QED) is 0.841. The van der Waals surface area contributed by atoms with Crippen LogP contribution in [0.4, 0.5) is 15.8 Å². The lowest BCUT2D eigenvalue weighted by Crippen LogP contribution is -2.29. The number of hydrogen-bond donors (Lipinski definition) is 1. The first-order chi connectivity index (χ1) is 9.22. The molecule has 3 nitrogen and oxygen atoms in total. The zero-order chi connectivity index (χ0) is 13.2. The smallest absolute Gasteiger partial charge is 0.141 e. The minimum absolute atomic E-state index is 0.290. The molecule has 1 aromatic carbocycles. The van der Waals surface area contributed by atoms with Gasteiger partial charge < -0.3 is 10.6 Å². The summed E-state index contributed by atoms with van der Waals surface area (Å²) in [7, 11) is 0. The third-order valence-corrected chi connectivity index (χ3v) is 3.46. The number of aryl methyl sites for hydroxylation is 1. The number of nitrogen functional groups attached to an aromatic ring is 1. The highest BCUT2D eigenvalue weighted by Crippen LogP contribution is 2.30. The van der Waals surface area contributed by atoms with Crippen molar-refractivity contribution in [3.63, 3.8) is 0 Å². The van der Waals surface area contributed by atoms with Crippen LogP contribution in [0.25, 0.3) is 0 Å². The fraction of sp³-hybridized carbons (Fsp3) is 0.267. The fourth-order valence-corrected chi connectivity index (χ4v) is 2.59. The monoisotopic (exact) mass is 257 g/mol. The van der Waals surface area contributed by atoms with Crippen molar-refractivity contribution in [2.75, 3.05) is 17.2 Å². The largest absolute Gasteiger partial charge is 0.399 e. The number of halogens is 1. The summed E-state index contributed by atoms with van der Waals surface area (Å²) < 4.78 is 13.2. The molecule has 1 aromatic heterocycles. The van der Waals surface area contributed by atoms with Gasteiger partial charge in [-0.15, -0.1) is 0 Å². The van der Waals surface area contributed by atoms with E-state index in [-0.39, 0.29) is 5.82 Å². The van der Waals surface area contributed by atoms with Gasteiger partial charge in [0.1, 0.15) is 5.82 Å². The summed E-state index contributed by atoms with van der Waals surface area (Å²) >= 11 is 0. The van der Waals surface area contributed by atoms with E-state index >= 15 is 0 Å². The van der Waals surface area contributed by atoms with Crippen molar-refractivity contribution in [2.24, 2.45) is 0 Å². The lowest BCUT2D eigenvalue weighted by molar-refractivity contribution is 0.615. The van der Waals surface area contributed by atoms with Crippen LogP contribution in [0.5, 0.6) is 0 Å². The van der Waals surface area contributed by atoms with Crippen molar-refractivity contribution >= 4 is 11.4 Å². The maximum Gasteiger partial charge on any atom is 0.141 e. The second-order valence-corrected chi connectivity index (χ2v) is 4.92. The summed E-state index contributed by atoms with van der Waals surface area (Å²) in [6.45, 7) is 1.63. The van der Waals surface area contributed by atoms with E-state index in [9.17, 15) is 4.39 Å². The summed E-state index contributed by atoms with van der Waals surface area (Å²) in [5, 5.41) is 0. The van der Waals surface area contributed by atoms with Crippen LogP contribution in [-0.4, -0.2) is 11.5 Å². The molecule has 0 saturated carbocycles. The van der Waals surface area contributed by atoms with E-state index < -0.39 is 0 Å². The van der Waals surface area contributed by atoms with Gasteiger partial charge in [-0.3, -0.25) is 4.98 Å². The number of anilines is 2. The SMILES string of the molecule is Nc1ccc2c(c1)N(Cc1cncc(F)c1)CCC2. The Labute approximate surface area is 111 Å². The van der Waals surface area contributed by atoms with Gasteiger partial charge in [0.25, 0.3) is 0 Å². The fourth-order valence-electron chi connectivity index (χ4n) is 2.59. The highest BCUT2D eigenvalue weighted by atomic mass is 19.1. The van der Waals surface area contributed by atoms with Gasteiger partial charge in [-0.1, -0.05) is 6.07 Å². The second-order valence-electron chi connectivity index (χ2n) is 4.92. The average Bonchev–Trinajstić information content (AvgIpc) is 2.39. The van der Waals surface area contributed by atoms with Crippen LogP contribution in [0.2, 0.25) is 0 Å². The van der Waals surface area contributed by atoms with Crippen molar-refractivity contribution in [1.82, 2.24) is 4.98 Å². The average molecular weight is 257 g/mol. The summed E-state index contributed by atoms with van der Waals surface area (Å²) in [5.41, 5.74) is 9.99. The molecule has 2 aromatic rings. The Morgan fingerprint density at radius 1 is 1.26 bits per heavy atom. The molecule has 0 amide bonds. The van der Waals surface area contributed by atoms with Crippen molar-refractivity contribution in [2.45, 2.75) is 19.4 Å². The van der Waals surface area contributed by atoms with Crippen LogP contribution in [-0.2, 0) is 13.0 Å². The number of nitrogens with zero attached hydrogens (tertiary/aromatic N) is 2. The maximum atomic E-state index is 13.2. The third kappa shape index (κ3) is 2.52. The van der Waals surface area contributed by atoms with E-state index in [1.54, 1.807) is 6.20 Å². The summed E-state index contributed by atoms with van der Waals surface area (Å²) in [6.07, 6.45) is 5.13. The number of fused-ring (bicyclic) bond motifs is 1. The number of nitrogens with two attached hydrogens (primary N) is 1. The molecular formula is C15H16FN3. The highest BCUT2D eigenvalue weighted by molar-refractivity contribution is 5.62. The number of benzene rings is 1. The van der Waals surface area contributed by atoms with Gasteiger partial charge in [0, 0.05) is 30.7 Å². The molecule has 4 heteroatoms. The molecule has 2 heterocycles. The van der Waals surface area contributed by atoms with Gasteiger partial charge in [-0.05, 0) is 42.2 Å². The molecule has 98 valence electrons. The molecule has 0 fully saturated rings. The summed E-state index contributed by atoms with van der Waals surface area (Å²) in [5.74, 6) is -0.290. The first-order valence-corrected chi connectivity index (χ1v) is 6.45. The van der Waals surface area contributed by atoms with E-state index in [2.05, 4.69) is 16.0 Å². The Hall–Kier alpha value is -2.10. The van der Waals surface area contributed by atoms with Gasteiger partial charge in [-0.2, -0.15) is 0 Å². The Kier molecular flexibility index (Phi) is 3.07. The first kappa shape index (κ1) is 12.0. The van der Waals surface area contributed by atoms with Crippen molar-refractivity contribution in [1.29, 1.82) is 0 Å². The van der Waals surface area contributed by atoms with Crippen LogP contribution in [0.1, 0.15) is 17.5 Å². The summed E-state index contributed by atoms with van der Waals surface area (Å²) in [4.78, 5) is 6.14. The van der Waals surface area contributed by atoms with Gasteiger partial charge in [0.05, 0.1) is 6.20 Å². The molecule has 0 unspecified atom stereocenters. The minimum atomic E-state index is -0.290. The Bertz CT molecular complexity index is 598. The van der Waals surface area contributed by atoms with Crippen LogP contribution >= 0.6 is 0 Å². The zero-order valence-corrected chi connectivity index (χ0v) is 10.6. The lowest BCUT2D eigenvalue weighted by Gasteiger charge is -2.31. The van der Waals surface area contributed by atoms with Crippen molar-refractivity contribution < 1.29 is 4.39 Å². The van der Waals surface area contributed by atoms with Crippen molar-refractivity contribution in [3.8, 4) is 0 Å². The summed E-state index contributed by atoms with van der Waals surface area (Å²) in [6, 6.07) is 7.56. The van der Waals surface area contributed by atoms with Crippen molar-refractivity contribution in [3.05, 3.63) is 53.6 Å². The van der Waals surface area contributed by atoms with Gasteiger partial charge in [0.15, 0.2) is 0 Å². The lowest BCUT2D eigenvalue weighted by atomic mass is 10.0. The number of hydrogen-bond acceptors (Lipinski definition) is 3. The molecule has 0 saturated heterocycles. The molecular weight excluding hydrogens is 241 g/mol. The van der Waals surface area contributed by atoms with E-state index in [0.717, 1.165) is 36.3 Å². The van der Waals surface area contributed by atoms with Crippen LogP contribution in [0.3, 0.4) is 0 Å². The predicted molar refractivity (Wildman–Crippen MR) is 74.4 cm³/mol. The van der Waals surface area contributed by atoms with E-state index in [1.807, 2.05) is 12.1 Å². The molecule has 0 bridgehead atoms. The van der Waals surface area contributed by atoms with Gasteiger partial charge >= 0.3 is 0 Å². The van der Waals surface area contributed by atoms with E-state index in [4.69, 9.17) is 5.73 Å². The topological polar surface area (TPSA) is 42.1 Å². The Balaban J connectivity index is 1.89. The minimum Gasteiger partial charge on any atom is -0.399 e. The van der Waals surface area contributed by atoms with Crippen LogP contribution < -0.4 is 10.6 Å². The Morgan fingerprint density at radius 2 is 2.16 bits per heavy atom. The van der Waals surface area contributed by atoms with E-state index in [0.29, 0.717) is 6.54 Å². The predicted octanol–water partition coefficient (Wildman–Crippen LogP) is 2.76. The number of rotatable bonds is 2. The van der Waals surface area contributed by atoms with Crippen LogP contribution in [0.15, 0.2) is 36.7 Å². The highest BCUT2D eigenvalue weighted by Gasteiger charge is 2.17. The maximum absolute atomic E-state index is 13.2. The molecule has 0 aliphatic carbocycles. The molecule has 19 heavy (non-hydrogen) atoms. The third-order valence-electron chi connectivity index (χ3n) is 3.46. The molecule has 3 rings (SSSR count). The molecule has 2 N–H and O–H groups in total. The molecule has 1 aliphatic rings. The van der Waals surface area contributed by atoms with Gasteiger partial charge in [0.2, 0.25) is 0 Å². The number of aromatic nitrogens is 1. The number of pyridine rings is 1. The standard InChI is InChI=1S/C15H16FN3/c16-13-6-11(8-18-9-13)10-19-5-1-2-12-3-4-14(17)7-15(12)19/h3-4,6-9H,1-2,5,10,17H2. The van der Waals surface area contributed by atoms with Crippen LogP contribution in [0, 0.1) is 5.82 Å². The second kappa shape index (κ2) is 4.88. The molecule has 1 aliphatic heterocycles. The molecule has 0 spiro atoms. The molecule has 0 atom stereocenters. The first-order valence-electron chi connectivity index (χ1n) is 6.45. The Morgan fingerprint density at radius 3 is 3.00 bits per heavy atom.